The van der Waals surface area contributed by atoms with Gasteiger partial charge in [-0.15, -0.1) is 0 Å². The van der Waals surface area contributed by atoms with Crippen molar-refractivity contribution in [3.63, 3.8) is 0 Å². The van der Waals surface area contributed by atoms with Gasteiger partial charge in [0.2, 0.25) is 5.91 Å². The molecule has 0 radical (unpaired) electrons. The van der Waals surface area contributed by atoms with Gasteiger partial charge >= 0.3 is 6.09 Å². The molecule has 33 heavy (non-hydrogen) atoms. The third kappa shape index (κ3) is 6.75. The number of anilines is 1. The Labute approximate surface area is 191 Å². The molecule has 1 heterocycles. The molecule has 1 aromatic heterocycles. The Bertz CT molecular complexity index is 1180. The smallest absolute Gasteiger partial charge is 0.411 e. The molecule has 3 rings (SSSR count). The molecule has 2 N–H and O–H groups in total. The van der Waals surface area contributed by atoms with E-state index in [9.17, 15) is 14.4 Å². The third-order valence-electron chi connectivity index (χ3n) is 4.69. The van der Waals surface area contributed by atoms with Gasteiger partial charge in [0.1, 0.15) is 6.61 Å². The van der Waals surface area contributed by atoms with Gasteiger partial charge in [-0.1, -0.05) is 36.4 Å². The highest BCUT2D eigenvalue weighted by molar-refractivity contribution is 5.84. The van der Waals surface area contributed by atoms with Crippen LogP contribution in [0, 0.1) is 0 Å². The topological polar surface area (TPSA) is 112 Å². The highest BCUT2D eigenvalue weighted by atomic mass is 16.5. The lowest BCUT2D eigenvalue weighted by Gasteiger charge is -2.12. The fourth-order valence-electron chi connectivity index (χ4n) is 3.21. The van der Waals surface area contributed by atoms with E-state index in [0.717, 1.165) is 16.7 Å². The van der Waals surface area contributed by atoms with Crippen LogP contribution in [0.15, 0.2) is 65.5 Å². The van der Waals surface area contributed by atoms with Gasteiger partial charge in [0, 0.05) is 31.0 Å². The molecule has 0 fully saturated rings. The zero-order chi connectivity index (χ0) is 23.6. The molecule has 0 spiro atoms. The predicted molar refractivity (Wildman–Crippen MR) is 124 cm³/mol. The lowest BCUT2D eigenvalue weighted by molar-refractivity contribution is -0.124. The highest BCUT2D eigenvalue weighted by Gasteiger charge is 2.10. The first-order valence-corrected chi connectivity index (χ1v) is 10.4. The molecule has 172 valence electrons. The molecule has 3 aromatic rings. The summed E-state index contributed by atoms with van der Waals surface area (Å²) in [6, 6.07) is 17.8. The number of carbonyl (C=O) groups is 2. The quantitative estimate of drug-likeness (QED) is 0.519. The van der Waals surface area contributed by atoms with Gasteiger partial charge in [0.05, 0.1) is 18.8 Å². The van der Waals surface area contributed by atoms with Crippen LogP contribution in [-0.4, -0.2) is 42.1 Å². The Balaban J connectivity index is 1.82. The molecule has 0 saturated carbocycles. The average molecular weight is 450 g/mol. The molecule has 0 aliphatic heterocycles. The van der Waals surface area contributed by atoms with Crippen molar-refractivity contribution >= 4 is 17.7 Å². The molecule has 2 amide bonds. The van der Waals surface area contributed by atoms with Crippen molar-refractivity contribution in [3.05, 3.63) is 82.1 Å². The van der Waals surface area contributed by atoms with Crippen molar-refractivity contribution < 1.29 is 19.1 Å². The van der Waals surface area contributed by atoms with Gasteiger partial charge < -0.3 is 14.8 Å². The van der Waals surface area contributed by atoms with Crippen molar-refractivity contribution in [2.45, 2.75) is 20.0 Å². The van der Waals surface area contributed by atoms with Gasteiger partial charge in [0.25, 0.3) is 5.56 Å². The number of benzene rings is 2. The molecule has 9 nitrogen and oxygen atoms in total. The maximum Gasteiger partial charge on any atom is 0.411 e. The minimum Gasteiger partial charge on any atom is -0.450 e. The van der Waals surface area contributed by atoms with Crippen molar-refractivity contribution in [3.8, 4) is 11.3 Å². The molecular formula is C24H26N4O5. The largest absolute Gasteiger partial charge is 0.450 e. The van der Waals surface area contributed by atoms with E-state index in [1.165, 1.54) is 17.9 Å². The van der Waals surface area contributed by atoms with Crippen LogP contribution in [0.3, 0.4) is 0 Å². The van der Waals surface area contributed by atoms with Crippen molar-refractivity contribution in [2.24, 2.45) is 0 Å². The molecule has 0 bridgehead atoms. The fraction of sp³-hybridized carbons (Fsp3) is 0.250. The third-order valence-corrected chi connectivity index (χ3v) is 4.69. The van der Waals surface area contributed by atoms with E-state index in [-0.39, 0.29) is 31.2 Å². The van der Waals surface area contributed by atoms with Crippen LogP contribution in [0.5, 0.6) is 0 Å². The Hall–Kier alpha value is -3.98. The van der Waals surface area contributed by atoms with Crippen LogP contribution in [0.2, 0.25) is 0 Å². The Morgan fingerprint density at radius 2 is 1.88 bits per heavy atom. The molecule has 9 heteroatoms. The molecule has 0 aliphatic carbocycles. The summed E-state index contributed by atoms with van der Waals surface area (Å²) in [5, 5.41) is 9.99. The van der Waals surface area contributed by atoms with Gasteiger partial charge in [-0.2, -0.15) is 5.10 Å². The Kier molecular flexibility index (Phi) is 8.31. The number of nitrogens with one attached hydrogen (secondary N) is 2. The predicted octanol–water partition coefficient (Wildman–Crippen LogP) is 2.79. The molecule has 0 atom stereocenters. The lowest BCUT2D eigenvalue weighted by atomic mass is 10.0. The first kappa shape index (κ1) is 23.7. The van der Waals surface area contributed by atoms with E-state index in [0.29, 0.717) is 17.9 Å². The van der Waals surface area contributed by atoms with Crippen molar-refractivity contribution in [2.75, 3.05) is 25.6 Å². The molecule has 0 unspecified atom stereocenters. The lowest BCUT2D eigenvalue weighted by Crippen LogP contribution is -2.27. The average Bonchev–Trinajstić information content (AvgIpc) is 2.80. The number of aromatic nitrogens is 2. The number of amides is 2. The van der Waals surface area contributed by atoms with Gasteiger partial charge in [-0.25, -0.2) is 9.48 Å². The summed E-state index contributed by atoms with van der Waals surface area (Å²) in [6.45, 7) is 2.51. The molecule has 2 aromatic carbocycles. The van der Waals surface area contributed by atoms with Crippen LogP contribution >= 0.6 is 0 Å². The van der Waals surface area contributed by atoms with E-state index in [1.54, 1.807) is 31.2 Å². The Morgan fingerprint density at radius 3 is 2.67 bits per heavy atom. The number of ether oxygens (including phenoxy) is 2. The maximum atomic E-state index is 12.5. The molecular weight excluding hydrogens is 424 g/mol. The second-order valence-corrected chi connectivity index (χ2v) is 7.13. The number of carbonyl (C=O) groups excluding carboxylic acids is 2. The summed E-state index contributed by atoms with van der Waals surface area (Å²) in [5.74, 6) is -0.221. The van der Waals surface area contributed by atoms with Crippen LogP contribution < -0.4 is 16.2 Å². The van der Waals surface area contributed by atoms with E-state index < -0.39 is 6.09 Å². The summed E-state index contributed by atoms with van der Waals surface area (Å²) in [5.41, 5.74) is 3.37. The number of methoxy groups -OCH3 is 1. The molecule has 0 saturated heterocycles. The fourth-order valence-corrected chi connectivity index (χ4v) is 3.21. The summed E-state index contributed by atoms with van der Waals surface area (Å²) in [6.07, 6.45) is -0.541. The summed E-state index contributed by atoms with van der Waals surface area (Å²) in [4.78, 5) is 35.9. The van der Waals surface area contributed by atoms with Crippen LogP contribution in [0.25, 0.3) is 11.3 Å². The number of nitrogens with zero attached hydrogens (tertiary/aromatic N) is 2. The zero-order valence-electron chi connectivity index (χ0n) is 18.5. The van der Waals surface area contributed by atoms with E-state index in [2.05, 4.69) is 15.7 Å². The number of hydrogen-bond acceptors (Lipinski definition) is 6. The highest BCUT2D eigenvalue weighted by Crippen LogP contribution is 2.21. The first-order chi connectivity index (χ1) is 16.0. The van der Waals surface area contributed by atoms with E-state index >= 15 is 0 Å². The normalized spacial score (nSPS) is 10.5. The van der Waals surface area contributed by atoms with Gasteiger partial charge in [0.15, 0.2) is 0 Å². The number of hydrogen-bond donors (Lipinski definition) is 2. The summed E-state index contributed by atoms with van der Waals surface area (Å²) < 4.78 is 11.1. The van der Waals surface area contributed by atoms with Crippen LogP contribution in [0.4, 0.5) is 10.5 Å². The SMILES string of the molecule is CCOC(=O)Nc1cccc(Cn2nc(-c3ccccc3CNC(=O)COC)ccc2=O)c1. The van der Waals surface area contributed by atoms with Gasteiger partial charge in [-0.3, -0.25) is 14.9 Å². The number of rotatable bonds is 9. The van der Waals surface area contributed by atoms with Crippen LogP contribution in [0.1, 0.15) is 18.1 Å². The van der Waals surface area contributed by atoms with Crippen molar-refractivity contribution in [1.29, 1.82) is 0 Å². The van der Waals surface area contributed by atoms with Gasteiger partial charge in [-0.05, 0) is 36.2 Å². The minimum atomic E-state index is -0.541. The molecule has 0 aliphatic rings. The second-order valence-electron chi connectivity index (χ2n) is 7.13. The second kappa shape index (κ2) is 11.6. The Morgan fingerprint density at radius 1 is 1.06 bits per heavy atom. The monoisotopic (exact) mass is 450 g/mol. The summed E-state index contributed by atoms with van der Waals surface area (Å²) in [7, 11) is 1.46. The summed E-state index contributed by atoms with van der Waals surface area (Å²) >= 11 is 0. The van der Waals surface area contributed by atoms with E-state index in [1.807, 2.05) is 30.3 Å². The minimum absolute atomic E-state index is 0.0185. The van der Waals surface area contributed by atoms with Crippen molar-refractivity contribution in [1.82, 2.24) is 15.1 Å². The van der Waals surface area contributed by atoms with Crippen LogP contribution in [-0.2, 0) is 27.4 Å². The zero-order valence-corrected chi connectivity index (χ0v) is 18.5. The standard InChI is InChI=1S/C24H26N4O5/c1-3-33-24(31)26-19-9-6-7-17(13-19)15-28-23(30)12-11-21(27-28)20-10-5-4-8-18(20)14-25-22(29)16-32-2/h4-13H,3,14-16H2,1-2H3,(H,25,29)(H,26,31). The maximum absolute atomic E-state index is 12.5. The van der Waals surface area contributed by atoms with E-state index in [4.69, 9.17) is 9.47 Å². The first-order valence-electron chi connectivity index (χ1n) is 10.4.